The first-order valence-corrected chi connectivity index (χ1v) is 6.45. The zero-order chi connectivity index (χ0) is 10.8. The molecule has 0 bridgehead atoms. The summed E-state index contributed by atoms with van der Waals surface area (Å²) in [6.45, 7) is 1.89. The molecule has 80 valence electrons. The highest BCUT2D eigenvalue weighted by molar-refractivity contribution is 7.21. The number of halogens is 1. The number of methoxy groups -OCH3 is 1. The van der Waals surface area contributed by atoms with E-state index in [9.17, 15) is 0 Å². The predicted molar refractivity (Wildman–Crippen MR) is 64.0 cm³/mol. The van der Waals surface area contributed by atoms with Crippen molar-refractivity contribution in [3.05, 3.63) is 16.5 Å². The fraction of sp³-hybridized carbons (Fsp3) is 0.333. The van der Waals surface area contributed by atoms with Gasteiger partial charge < -0.3 is 4.74 Å². The summed E-state index contributed by atoms with van der Waals surface area (Å²) in [5.41, 5.74) is 0. The normalized spacial score (nSPS) is 12.7. The Morgan fingerprint density at radius 1 is 1.47 bits per heavy atom. The molecule has 15 heavy (non-hydrogen) atoms. The van der Waals surface area contributed by atoms with E-state index in [-0.39, 0.29) is 5.38 Å². The molecule has 0 saturated heterocycles. The van der Waals surface area contributed by atoms with Crippen LogP contribution < -0.4 is 4.74 Å². The highest BCUT2D eigenvalue weighted by Crippen LogP contribution is 2.38. The Balaban J connectivity index is 2.37. The van der Waals surface area contributed by atoms with Crippen LogP contribution in [-0.4, -0.2) is 17.3 Å². The van der Waals surface area contributed by atoms with Crippen LogP contribution in [0.1, 0.15) is 17.3 Å². The van der Waals surface area contributed by atoms with Crippen LogP contribution in [0.2, 0.25) is 0 Å². The van der Waals surface area contributed by atoms with E-state index in [1.54, 1.807) is 18.4 Å². The van der Waals surface area contributed by atoms with E-state index in [2.05, 4.69) is 10.2 Å². The monoisotopic (exact) mass is 260 g/mol. The van der Waals surface area contributed by atoms with Gasteiger partial charge in [-0.3, -0.25) is 0 Å². The van der Waals surface area contributed by atoms with Crippen molar-refractivity contribution in [2.75, 3.05) is 7.11 Å². The van der Waals surface area contributed by atoms with Gasteiger partial charge in [0.1, 0.15) is 15.6 Å². The molecule has 2 rings (SSSR count). The summed E-state index contributed by atoms with van der Waals surface area (Å²) < 4.78 is 5.23. The van der Waals surface area contributed by atoms with Crippen molar-refractivity contribution in [2.45, 2.75) is 12.3 Å². The third-order valence-corrected chi connectivity index (χ3v) is 4.32. The summed E-state index contributed by atoms with van der Waals surface area (Å²) in [4.78, 5) is 1.01. The van der Waals surface area contributed by atoms with E-state index in [1.165, 1.54) is 11.3 Å². The van der Waals surface area contributed by atoms with Gasteiger partial charge in [0.25, 0.3) is 0 Å². The number of alkyl halides is 1. The smallest absolute Gasteiger partial charge is 0.161 e. The van der Waals surface area contributed by atoms with Gasteiger partial charge in [0, 0.05) is 0 Å². The molecule has 0 spiro atoms. The molecule has 2 aromatic heterocycles. The maximum atomic E-state index is 5.93. The number of rotatable bonds is 3. The van der Waals surface area contributed by atoms with Crippen LogP contribution in [0.5, 0.6) is 5.75 Å². The first-order chi connectivity index (χ1) is 7.22. The van der Waals surface area contributed by atoms with E-state index in [1.807, 2.05) is 18.4 Å². The van der Waals surface area contributed by atoms with E-state index in [4.69, 9.17) is 16.3 Å². The molecule has 0 saturated carbocycles. The van der Waals surface area contributed by atoms with Crippen LogP contribution in [0.3, 0.4) is 0 Å². The lowest BCUT2D eigenvalue weighted by atomic mass is 10.4. The molecule has 2 aromatic rings. The van der Waals surface area contributed by atoms with Gasteiger partial charge in [-0.05, 0) is 18.4 Å². The number of ether oxygens (including phenoxy) is 1. The molecule has 0 aliphatic rings. The van der Waals surface area contributed by atoms with Crippen LogP contribution in [0.4, 0.5) is 0 Å². The van der Waals surface area contributed by atoms with Crippen LogP contribution in [0.15, 0.2) is 11.4 Å². The lowest BCUT2D eigenvalue weighted by Gasteiger charge is -1.96. The van der Waals surface area contributed by atoms with Gasteiger partial charge >= 0.3 is 0 Å². The number of hydrogen-bond acceptors (Lipinski definition) is 5. The molecule has 2 heterocycles. The largest absolute Gasteiger partial charge is 0.495 e. The molecule has 0 amide bonds. The summed E-state index contributed by atoms with van der Waals surface area (Å²) in [6.07, 6.45) is 0. The lowest BCUT2D eigenvalue weighted by molar-refractivity contribution is 0.418. The summed E-state index contributed by atoms with van der Waals surface area (Å²) in [6, 6.07) is 1.92. The van der Waals surface area contributed by atoms with Crippen molar-refractivity contribution in [3.8, 4) is 15.6 Å². The standard InChI is InChI=1S/C9H9ClN2OS2/c1-5(10)8-11-12-9(15-8)7-6(13-2)3-4-14-7/h3-5H,1-2H3. The Morgan fingerprint density at radius 2 is 2.27 bits per heavy atom. The molecular formula is C9H9ClN2OS2. The zero-order valence-corrected chi connectivity index (χ0v) is 10.6. The summed E-state index contributed by atoms with van der Waals surface area (Å²) in [7, 11) is 1.65. The van der Waals surface area contributed by atoms with Gasteiger partial charge in [0.15, 0.2) is 5.01 Å². The van der Waals surface area contributed by atoms with Gasteiger partial charge in [0.2, 0.25) is 0 Å². The average Bonchev–Trinajstić information content (AvgIpc) is 2.85. The highest BCUT2D eigenvalue weighted by atomic mass is 35.5. The van der Waals surface area contributed by atoms with Crippen LogP contribution in [-0.2, 0) is 0 Å². The molecular weight excluding hydrogens is 252 g/mol. The van der Waals surface area contributed by atoms with Crippen LogP contribution >= 0.6 is 34.3 Å². The van der Waals surface area contributed by atoms with Crippen LogP contribution in [0, 0.1) is 0 Å². The summed E-state index contributed by atoms with van der Waals surface area (Å²) >= 11 is 9.03. The Bertz CT molecular complexity index is 452. The molecule has 6 heteroatoms. The minimum Gasteiger partial charge on any atom is -0.495 e. The molecule has 0 N–H and O–H groups in total. The van der Waals surface area contributed by atoms with Crippen molar-refractivity contribution in [3.63, 3.8) is 0 Å². The second-order valence-corrected chi connectivity index (χ2v) is 5.46. The molecule has 1 unspecified atom stereocenters. The predicted octanol–water partition coefficient (Wildman–Crippen LogP) is 3.58. The number of thiophene rings is 1. The molecule has 3 nitrogen and oxygen atoms in total. The van der Waals surface area contributed by atoms with E-state index in [0.717, 1.165) is 20.6 Å². The molecule has 1 atom stereocenters. The van der Waals surface area contributed by atoms with Gasteiger partial charge in [-0.25, -0.2) is 0 Å². The van der Waals surface area contributed by atoms with Crippen molar-refractivity contribution in [1.29, 1.82) is 0 Å². The summed E-state index contributed by atoms with van der Waals surface area (Å²) in [5.74, 6) is 0.838. The van der Waals surface area contributed by atoms with Gasteiger partial charge in [-0.2, -0.15) is 0 Å². The Labute approximate surface area is 101 Å². The highest BCUT2D eigenvalue weighted by Gasteiger charge is 2.15. The first kappa shape index (κ1) is 10.9. The number of nitrogens with zero attached hydrogens (tertiary/aromatic N) is 2. The number of hydrogen-bond donors (Lipinski definition) is 0. The minimum absolute atomic E-state index is 0.0952. The van der Waals surface area contributed by atoms with Crippen molar-refractivity contribution >= 4 is 34.3 Å². The van der Waals surface area contributed by atoms with E-state index >= 15 is 0 Å². The minimum atomic E-state index is -0.0952. The second-order valence-electron chi connectivity index (χ2n) is 2.88. The SMILES string of the molecule is COc1ccsc1-c1nnc(C(C)Cl)s1. The molecule has 0 fully saturated rings. The molecule has 0 aromatic carbocycles. The maximum absolute atomic E-state index is 5.93. The first-order valence-electron chi connectivity index (χ1n) is 4.31. The Kier molecular flexibility index (Phi) is 3.23. The van der Waals surface area contributed by atoms with E-state index < -0.39 is 0 Å². The third-order valence-electron chi connectivity index (χ3n) is 1.82. The topological polar surface area (TPSA) is 35.0 Å². The van der Waals surface area contributed by atoms with Crippen LogP contribution in [0.25, 0.3) is 9.88 Å². The fourth-order valence-electron chi connectivity index (χ4n) is 1.10. The average molecular weight is 261 g/mol. The molecule has 0 aliphatic carbocycles. The quantitative estimate of drug-likeness (QED) is 0.792. The second kappa shape index (κ2) is 4.47. The fourth-order valence-corrected chi connectivity index (χ4v) is 3.00. The number of aromatic nitrogens is 2. The Hall–Kier alpha value is -0.650. The van der Waals surface area contributed by atoms with Gasteiger partial charge in [-0.15, -0.1) is 33.1 Å². The molecule has 0 aliphatic heterocycles. The lowest BCUT2D eigenvalue weighted by Crippen LogP contribution is -1.82. The van der Waals surface area contributed by atoms with Gasteiger partial charge in [0.05, 0.1) is 12.5 Å². The van der Waals surface area contributed by atoms with Gasteiger partial charge in [-0.1, -0.05) is 11.3 Å². The van der Waals surface area contributed by atoms with Crippen molar-refractivity contribution < 1.29 is 4.74 Å². The Morgan fingerprint density at radius 3 is 2.87 bits per heavy atom. The summed E-state index contributed by atoms with van der Waals surface area (Å²) in [5, 5.41) is 11.7. The maximum Gasteiger partial charge on any atom is 0.161 e. The third kappa shape index (κ3) is 2.14. The van der Waals surface area contributed by atoms with Crippen molar-refractivity contribution in [2.24, 2.45) is 0 Å². The molecule has 0 radical (unpaired) electrons. The van der Waals surface area contributed by atoms with E-state index in [0.29, 0.717) is 0 Å². The van der Waals surface area contributed by atoms with Crippen molar-refractivity contribution in [1.82, 2.24) is 10.2 Å². The zero-order valence-electron chi connectivity index (χ0n) is 8.23.